The zero-order valence-corrected chi connectivity index (χ0v) is 36.4. The Morgan fingerprint density at radius 1 is 0.522 bits per heavy atom. The van der Waals surface area contributed by atoms with Gasteiger partial charge in [0.1, 0.15) is 29.0 Å². The molecule has 4 heterocycles. The molecule has 12 nitrogen and oxygen atoms in total. The van der Waals surface area contributed by atoms with Crippen LogP contribution in [0.4, 0.5) is 49.4 Å². The van der Waals surface area contributed by atoms with Gasteiger partial charge in [-0.15, -0.1) is 0 Å². The molecule has 0 unspecified atom stereocenters. The smallest absolute Gasteiger partial charge is 0.416 e. The second-order valence-electron chi connectivity index (χ2n) is 16.1. The molecule has 2 saturated heterocycles. The lowest BCUT2D eigenvalue weighted by Gasteiger charge is -2.16. The molecule has 18 heteroatoms. The van der Waals surface area contributed by atoms with Crippen LogP contribution in [0.3, 0.4) is 0 Å². The molecule has 8 aromatic rings. The van der Waals surface area contributed by atoms with Gasteiger partial charge in [0.25, 0.3) is 11.8 Å². The highest BCUT2D eigenvalue weighted by atomic mass is 19.4. The summed E-state index contributed by atoms with van der Waals surface area (Å²) >= 11 is 0. The van der Waals surface area contributed by atoms with E-state index in [4.69, 9.17) is 9.47 Å². The van der Waals surface area contributed by atoms with Crippen LogP contribution in [0.1, 0.15) is 52.0 Å². The quantitative estimate of drug-likeness (QED) is 0.128. The van der Waals surface area contributed by atoms with Crippen molar-refractivity contribution in [2.75, 3.05) is 46.6 Å². The molecular formula is C51H40F6N8O4. The van der Waals surface area contributed by atoms with Crippen molar-refractivity contribution in [1.82, 2.24) is 19.9 Å². The molecule has 2 N–H and O–H groups in total. The van der Waals surface area contributed by atoms with E-state index in [1.165, 1.54) is 54.6 Å². The van der Waals surface area contributed by atoms with E-state index in [9.17, 15) is 35.9 Å². The summed E-state index contributed by atoms with van der Waals surface area (Å²) in [5.74, 6) is -1.00. The van der Waals surface area contributed by atoms with E-state index in [0.29, 0.717) is 39.3 Å². The minimum Gasteiger partial charge on any atom is -0.454 e. The molecule has 0 aliphatic carbocycles. The van der Waals surface area contributed by atoms with Crippen LogP contribution in [0, 0.1) is 17.5 Å². The van der Waals surface area contributed by atoms with Crippen LogP contribution in [0.2, 0.25) is 0 Å². The van der Waals surface area contributed by atoms with Gasteiger partial charge in [-0.05, 0) is 111 Å². The molecular weight excluding hydrogens is 903 g/mol. The van der Waals surface area contributed by atoms with Crippen LogP contribution in [-0.2, 0) is 6.18 Å². The van der Waals surface area contributed by atoms with Gasteiger partial charge in [0.15, 0.2) is 23.1 Å². The van der Waals surface area contributed by atoms with Gasteiger partial charge in [-0.1, -0.05) is 12.1 Å². The number of halogens is 6. The summed E-state index contributed by atoms with van der Waals surface area (Å²) < 4.78 is 92.7. The fourth-order valence-electron chi connectivity index (χ4n) is 7.73. The highest BCUT2D eigenvalue weighted by Gasteiger charge is 2.31. The summed E-state index contributed by atoms with van der Waals surface area (Å²) in [6.45, 7) is 3.74. The van der Waals surface area contributed by atoms with Crippen molar-refractivity contribution in [2.45, 2.75) is 31.9 Å². The number of hydrogen-bond donors (Lipinski definition) is 2. The third-order valence-electron chi connectivity index (χ3n) is 11.2. The molecule has 69 heavy (non-hydrogen) atoms. The Bertz CT molecular complexity index is 3200. The number of rotatable bonds is 10. The van der Waals surface area contributed by atoms with E-state index < -0.39 is 41.0 Å². The first-order valence-electron chi connectivity index (χ1n) is 21.9. The van der Waals surface area contributed by atoms with E-state index in [2.05, 4.69) is 40.4 Å². The van der Waals surface area contributed by atoms with E-state index >= 15 is 0 Å². The lowest BCUT2D eigenvalue weighted by Crippen LogP contribution is -2.19. The average Bonchev–Trinajstić information content (AvgIpc) is 4.10. The average molecular weight is 943 g/mol. The van der Waals surface area contributed by atoms with Crippen molar-refractivity contribution < 1.29 is 45.4 Å². The summed E-state index contributed by atoms with van der Waals surface area (Å²) in [6.07, 6.45) is 3.38. The second kappa shape index (κ2) is 19.9. The Hall–Kier alpha value is -8.28. The largest absolute Gasteiger partial charge is 0.454 e. The summed E-state index contributed by atoms with van der Waals surface area (Å²) in [4.78, 5) is 47.4. The molecule has 0 atom stereocenters. The second-order valence-corrected chi connectivity index (χ2v) is 16.1. The summed E-state index contributed by atoms with van der Waals surface area (Å²) in [5.41, 5.74) is 2.12. The summed E-state index contributed by atoms with van der Waals surface area (Å²) in [6, 6.07) is 27.1. The van der Waals surface area contributed by atoms with Gasteiger partial charge in [0, 0.05) is 72.9 Å². The monoisotopic (exact) mass is 942 g/mol. The number of ether oxygens (including phenoxy) is 2. The Kier molecular flexibility index (Phi) is 13.2. The number of aromatic nitrogens is 4. The molecule has 0 spiro atoms. The fraction of sp³-hybridized carbons (Fsp3) is 0.176. The number of carbonyl (C=O) groups excluding carboxylic acids is 2. The number of carbonyl (C=O) groups is 2. The maximum absolute atomic E-state index is 14.5. The minimum atomic E-state index is -4.58. The first-order chi connectivity index (χ1) is 33.3. The van der Waals surface area contributed by atoms with Gasteiger partial charge in [-0.3, -0.25) is 19.6 Å². The van der Waals surface area contributed by atoms with Crippen LogP contribution >= 0.6 is 0 Å². The van der Waals surface area contributed by atoms with Crippen LogP contribution in [0.15, 0.2) is 134 Å². The van der Waals surface area contributed by atoms with E-state index in [0.717, 1.165) is 93.8 Å². The van der Waals surface area contributed by atoms with Crippen LogP contribution in [0.5, 0.6) is 23.0 Å². The van der Waals surface area contributed by atoms with Crippen LogP contribution in [-0.4, -0.2) is 57.9 Å². The van der Waals surface area contributed by atoms with Crippen molar-refractivity contribution in [3.8, 4) is 23.0 Å². The summed E-state index contributed by atoms with van der Waals surface area (Å²) in [5, 5.41) is 5.10. The molecule has 6 aromatic carbocycles. The van der Waals surface area contributed by atoms with Gasteiger partial charge < -0.3 is 29.9 Å². The first kappa shape index (κ1) is 45.9. The number of nitrogens with one attached hydrogen (secondary N) is 2. The van der Waals surface area contributed by atoms with Gasteiger partial charge in [-0.25, -0.2) is 23.1 Å². The Balaban J connectivity index is 0.000000172. The zero-order chi connectivity index (χ0) is 48.1. The van der Waals surface area contributed by atoms with Crippen molar-refractivity contribution in [2.24, 2.45) is 0 Å². The fourth-order valence-corrected chi connectivity index (χ4v) is 7.73. The molecule has 2 aliphatic rings. The lowest BCUT2D eigenvalue weighted by atomic mass is 10.1. The number of hydrogen-bond acceptors (Lipinski definition) is 10. The summed E-state index contributed by atoms with van der Waals surface area (Å²) in [7, 11) is 0. The number of fused-ring (bicyclic) bond motifs is 2. The Labute approximate surface area is 390 Å². The highest BCUT2D eigenvalue weighted by molar-refractivity contribution is 6.05. The zero-order valence-electron chi connectivity index (χ0n) is 36.4. The molecule has 10 rings (SSSR count). The molecule has 2 aliphatic heterocycles. The molecule has 0 radical (unpaired) electrons. The third-order valence-corrected chi connectivity index (χ3v) is 11.2. The topological polar surface area (TPSA) is 135 Å². The Morgan fingerprint density at radius 3 is 1.45 bits per heavy atom. The predicted octanol–water partition coefficient (Wildman–Crippen LogP) is 12.0. The van der Waals surface area contributed by atoms with Crippen molar-refractivity contribution in [1.29, 1.82) is 0 Å². The van der Waals surface area contributed by atoms with Gasteiger partial charge in [-0.2, -0.15) is 13.2 Å². The van der Waals surface area contributed by atoms with E-state index in [1.54, 1.807) is 48.8 Å². The van der Waals surface area contributed by atoms with E-state index in [1.807, 2.05) is 0 Å². The minimum absolute atomic E-state index is 0.0601. The normalized spacial score (nSPS) is 13.5. The van der Waals surface area contributed by atoms with Gasteiger partial charge in [0.05, 0.1) is 40.0 Å². The van der Waals surface area contributed by atoms with E-state index in [-0.39, 0.29) is 28.3 Å². The maximum atomic E-state index is 14.5. The van der Waals surface area contributed by atoms with Gasteiger partial charge in [0.2, 0.25) is 0 Å². The van der Waals surface area contributed by atoms with Crippen molar-refractivity contribution in [3.63, 3.8) is 0 Å². The standard InChI is InChI=1S/C26H20F4N4O2.C25H20F2N4O2/c27-20-8-6-18(32-25(35)16-4-3-5-17(12-16)26(28,29)30)13-23(20)36-19-7-9-21-22(14-19)33-24(15-31-21)34-10-1-2-11-34;26-17-5-3-4-16(12-17)25(32)29-18-6-8-20(27)23(13-18)33-19-7-9-21-22(14-19)30-24(15-28-21)31-10-1-2-11-31/h3-9,12-15H,1-2,10-11H2,(H,32,35);3-9,12-15H,1-2,10-11H2,(H,29,32). The van der Waals surface area contributed by atoms with Crippen LogP contribution < -0.4 is 29.9 Å². The lowest BCUT2D eigenvalue weighted by molar-refractivity contribution is -0.137. The first-order valence-corrected chi connectivity index (χ1v) is 21.9. The van der Waals surface area contributed by atoms with Crippen LogP contribution in [0.25, 0.3) is 22.1 Å². The molecule has 2 amide bonds. The predicted molar refractivity (Wildman–Crippen MR) is 249 cm³/mol. The SMILES string of the molecule is O=C(Nc1ccc(F)c(Oc2ccc3ncc(N4CCCC4)nc3c2)c1)c1cccc(C(F)(F)F)c1.O=C(Nc1ccc(F)c(Oc2ccc3ncc(N4CCCC4)nc3c2)c1)c1cccc(F)c1. The third kappa shape index (κ3) is 11.1. The number of benzene rings is 6. The highest BCUT2D eigenvalue weighted by Crippen LogP contribution is 2.33. The number of nitrogens with zero attached hydrogens (tertiary/aromatic N) is 6. The maximum Gasteiger partial charge on any atom is 0.416 e. The van der Waals surface area contributed by atoms with Gasteiger partial charge >= 0.3 is 6.18 Å². The van der Waals surface area contributed by atoms with Crippen molar-refractivity contribution >= 4 is 56.9 Å². The molecule has 0 bridgehead atoms. The molecule has 2 aromatic heterocycles. The molecule has 2 fully saturated rings. The number of amides is 2. The Morgan fingerprint density at radius 2 is 0.986 bits per heavy atom. The molecule has 0 saturated carbocycles. The molecule has 350 valence electrons. The number of alkyl halides is 3. The number of anilines is 4. The van der Waals surface area contributed by atoms with Crippen molar-refractivity contribution in [3.05, 3.63) is 168 Å².